The van der Waals surface area contributed by atoms with Crippen molar-refractivity contribution >= 4 is 0 Å². The minimum absolute atomic E-state index is 0.164. The summed E-state index contributed by atoms with van der Waals surface area (Å²) in [5, 5.41) is 0. The first-order chi connectivity index (χ1) is 10.3. The van der Waals surface area contributed by atoms with E-state index in [1.165, 1.54) is 18.4 Å². The van der Waals surface area contributed by atoms with Crippen molar-refractivity contribution in [2.75, 3.05) is 13.1 Å². The van der Waals surface area contributed by atoms with Crippen LogP contribution in [0.3, 0.4) is 0 Å². The molecule has 1 saturated heterocycles. The van der Waals surface area contributed by atoms with Crippen LogP contribution in [0.15, 0.2) is 53.1 Å². The van der Waals surface area contributed by atoms with Crippen LogP contribution in [0.2, 0.25) is 0 Å². The molecule has 0 aliphatic carbocycles. The van der Waals surface area contributed by atoms with E-state index in [2.05, 4.69) is 48.2 Å². The fraction of sp³-hybridized carbons (Fsp3) is 0.444. The van der Waals surface area contributed by atoms with Crippen LogP contribution in [-0.4, -0.2) is 24.0 Å². The van der Waals surface area contributed by atoms with Crippen molar-refractivity contribution in [3.05, 3.63) is 60.1 Å². The second-order valence-corrected chi connectivity index (χ2v) is 5.99. The fourth-order valence-corrected chi connectivity index (χ4v) is 3.57. The molecule has 1 fully saturated rings. The molecule has 3 unspecified atom stereocenters. The molecule has 112 valence electrons. The molecule has 21 heavy (non-hydrogen) atoms. The van der Waals surface area contributed by atoms with Gasteiger partial charge in [-0.2, -0.15) is 0 Å². The van der Waals surface area contributed by atoms with Gasteiger partial charge in [-0.1, -0.05) is 37.3 Å². The van der Waals surface area contributed by atoms with Gasteiger partial charge >= 0.3 is 0 Å². The highest BCUT2D eigenvalue weighted by atomic mass is 16.3. The Labute approximate surface area is 126 Å². The molecule has 1 aliphatic rings. The van der Waals surface area contributed by atoms with Crippen LogP contribution in [0.4, 0.5) is 0 Å². The van der Waals surface area contributed by atoms with E-state index >= 15 is 0 Å². The predicted octanol–water partition coefficient (Wildman–Crippen LogP) is 3.43. The zero-order chi connectivity index (χ0) is 14.7. The summed E-state index contributed by atoms with van der Waals surface area (Å²) in [6.45, 7) is 4.09. The molecule has 2 N–H and O–H groups in total. The Bertz CT molecular complexity index is 538. The molecule has 1 aliphatic heterocycles. The van der Waals surface area contributed by atoms with Crippen LogP contribution in [0, 0.1) is 5.92 Å². The molecule has 3 nitrogen and oxygen atoms in total. The van der Waals surface area contributed by atoms with Gasteiger partial charge in [0.05, 0.1) is 12.3 Å². The van der Waals surface area contributed by atoms with E-state index in [1.807, 2.05) is 6.07 Å². The van der Waals surface area contributed by atoms with Gasteiger partial charge in [-0.25, -0.2) is 0 Å². The third kappa shape index (κ3) is 2.89. The Morgan fingerprint density at radius 3 is 2.71 bits per heavy atom. The van der Waals surface area contributed by atoms with E-state index in [9.17, 15) is 0 Å². The molecule has 0 amide bonds. The Morgan fingerprint density at radius 1 is 1.24 bits per heavy atom. The molecular weight excluding hydrogens is 260 g/mol. The van der Waals surface area contributed by atoms with Crippen molar-refractivity contribution in [2.45, 2.75) is 31.8 Å². The third-order valence-corrected chi connectivity index (χ3v) is 4.66. The Kier molecular flexibility index (Phi) is 4.42. The van der Waals surface area contributed by atoms with Crippen molar-refractivity contribution in [2.24, 2.45) is 11.7 Å². The second-order valence-electron chi connectivity index (χ2n) is 5.99. The number of likely N-dealkylation sites (tertiary alicyclic amines) is 1. The van der Waals surface area contributed by atoms with Crippen LogP contribution in [0.5, 0.6) is 0 Å². The Morgan fingerprint density at radius 2 is 2.05 bits per heavy atom. The number of nitrogens with zero attached hydrogens (tertiary/aromatic N) is 1. The van der Waals surface area contributed by atoms with Crippen molar-refractivity contribution in [1.29, 1.82) is 0 Å². The molecule has 2 heterocycles. The number of hydrogen-bond acceptors (Lipinski definition) is 3. The highest BCUT2D eigenvalue weighted by molar-refractivity contribution is 5.27. The van der Waals surface area contributed by atoms with Crippen LogP contribution in [0.1, 0.15) is 37.1 Å². The minimum Gasteiger partial charge on any atom is -0.467 e. The first-order valence-electron chi connectivity index (χ1n) is 7.85. The standard InChI is InChI=1S/C18H24N2O/c1-14-7-5-11-20(16(14)13-19)18(17-10-6-12-21-17)15-8-3-2-4-9-15/h2-4,6,8-10,12,14,16,18H,5,7,11,13,19H2,1H3. The minimum atomic E-state index is 0.164. The van der Waals surface area contributed by atoms with Crippen LogP contribution < -0.4 is 5.73 Å². The number of piperidine rings is 1. The maximum absolute atomic E-state index is 6.08. The maximum Gasteiger partial charge on any atom is 0.125 e. The smallest absolute Gasteiger partial charge is 0.125 e. The lowest BCUT2D eigenvalue weighted by Gasteiger charge is -2.43. The number of benzene rings is 1. The van der Waals surface area contributed by atoms with Crippen molar-refractivity contribution in [1.82, 2.24) is 4.90 Å². The van der Waals surface area contributed by atoms with E-state index in [0.717, 1.165) is 12.3 Å². The van der Waals surface area contributed by atoms with Crippen molar-refractivity contribution < 1.29 is 4.42 Å². The summed E-state index contributed by atoms with van der Waals surface area (Å²) in [7, 11) is 0. The summed E-state index contributed by atoms with van der Waals surface area (Å²) >= 11 is 0. The highest BCUT2D eigenvalue weighted by Gasteiger charge is 2.35. The topological polar surface area (TPSA) is 42.4 Å². The number of furan rings is 1. The van der Waals surface area contributed by atoms with Crippen LogP contribution >= 0.6 is 0 Å². The molecule has 3 heteroatoms. The zero-order valence-electron chi connectivity index (χ0n) is 12.6. The van der Waals surface area contributed by atoms with E-state index in [-0.39, 0.29) is 6.04 Å². The van der Waals surface area contributed by atoms with Gasteiger partial charge in [-0.05, 0) is 43.0 Å². The Balaban J connectivity index is 1.99. The largest absolute Gasteiger partial charge is 0.467 e. The molecular formula is C18H24N2O. The molecule has 0 bridgehead atoms. The van der Waals surface area contributed by atoms with Gasteiger partial charge in [0, 0.05) is 12.6 Å². The molecule has 1 aromatic heterocycles. The average molecular weight is 284 g/mol. The molecule has 0 saturated carbocycles. The second kappa shape index (κ2) is 6.46. The van der Waals surface area contributed by atoms with Gasteiger partial charge in [0.2, 0.25) is 0 Å². The van der Waals surface area contributed by atoms with Crippen LogP contribution in [-0.2, 0) is 0 Å². The first kappa shape index (κ1) is 14.4. The fourth-order valence-electron chi connectivity index (χ4n) is 3.57. The van der Waals surface area contributed by atoms with Gasteiger partial charge < -0.3 is 10.2 Å². The molecule has 0 spiro atoms. The third-order valence-electron chi connectivity index (χ3n) is 4.66. The summed E-state index contributed by atoms with van der Waals surface area (Å²) in [5.74, 6) is 1.64. The van der Waals surface area contributed by atoms with Gasteiger partial charge in [0.25, 0.3) is 0 Å². The summed E-state index contributed by atoms with van der Waals surface area (Å²) < 4.78 is 5.75. The van der Waals surface area contributed by atoms with E-state index in [0.29, 0.717) is 18.5 Å². The van der Waals surface area contributed by atoms with Crippen molar-refractivity contribution in [3.8, 4) is 0 Å². The molecule has 3 rings (SSSR count). The lowest BCUT2D eigenvalue weighted by molar-refractivity contribution is 0.0686. The molecule has 3 atom stereocenters. The number of hydrogen-bond donors (Lipinski definition) is 1. The average Bonchev–Trinajstić information content (AvgIpc) is 3.03. The number of rotatable bonds is 4. The molecule has 2 aromatic rings. The van der Waals surface area contributed by atoms with Gasteiger partial charge in [0.15, 0.2) is 0 Å². The lowest BCUT2D eigenvalue weighted by Crippen LogP contribution is -2.50. The van der Waals surface area contributed by atoms with Gasteiger partial charge in [0.1, 0.15) is 5.76 Å². The molecule has 1 aromatic carbocycles. The van der Waals surface area contributed by atoms with Gasteiger partial charge in [-0.3, -0.25) is 4.90 Å². The lowest BCUT2D eigenvalue weighted by atomic mass is 9.87. The highest BCUT2D eigenvalue weighted by Crippen LogP contribution is 2.35. The van der Waals surface area contributed by atoms with E-state index < -0.39 is 0 Å². The summed E-state index contributed by atoms with van der Waals surface area (Å²) in [5.41, 5.74) is 7.36. The maximum atomic E-state index is 6.08. The SMILES string of the molecule is CC1CCCN(C(c2ccccc2)c2ccco2)C1CN. The van der Waals surface area contributed by atoms with E-state index in [1.54, 1.807) is 6.26 Å². The molecule has 0 radical (unpaired) electrons. The quantitative estimate of drug-likeness (QED) is 0.935. The summed E-state index contributed by atoms with van der Waals surface area (Å²) in [6, 6.07) is 15.2. The zero-order valence-corrected chi connectivity index (χ0v) is 12.6. The normalized spacial score (nSPS) is 24.9. The predicted molar refractivity (Wildman–Crippen MR) is 84.9 cm³/mol. The summed E-state index contributed by atoms with van der Waals surface area (Å²) in [6.07, 6.45) is 4.25. The first-order valence-corrected chi connectivity index (χ1v) is 7.85. The van der Waals surface area contributed by atoms with Gasteiger partial charge in [-0.15, -0.1) is 0 Å². The van der Waals surface area contributed by atoms with Crippen molar-refractivity contribution in [3.63, 3.8) is 0 Å². The van der Waals surface area contributed by atoms with E-state index in [4.69, 9.17) is 10.2 Å². The number of nitrogens with two attached hydrogens (primary N) is 1. The summed E-state index contributed by atoms with van der Waals surface area (Å²) in [4.78, 5) is 2.53. The monoisotopic (exact) mass is 284 g/mol. The van der Waals surface area contributed by atoms with Crippen LogP contribution in [0.25, 0.3) is 0 Å². The Hall–Kier alpha value is -1.58.